The zero-order valence-electron chi connectivity index (χ0n) is 10.4. The van der Waals surface area contributed by atoms with Crippen LogP contribution in [-0.4, -0.2) is 26.7 Å². The number of nitrogens with one attached hydrogen (secondary N) is 1. The van der Waals surface area contributed by atoms with Crippen molar-refractivity contribution < 1.29 is 26.7 Å². The van der Waals surface area contributed by atoms with E-state index in [1.807, 2.05) is 4.72 Å². The Bertz CT molecular complexity index is 575. The minimum absolute atomic E-state index is 0.168. The smallest absolute Gasteiger partial charge is 0.396 e. The second-order valence-electron chi connectivity index (χ2n) is 4.28. The van der Waals surface area contributed by atoms with Gasteiger partial charge in [0.15, 0.2) is 0 Å². The summed E-state index contributed by atoms with van der Waals surface area (Å²) >= 11 is 5.47. The van der Waals surface area contributed by atoms with E-state index in [1.54, 1.807) is 6.92 Å². The standard InChI is InChI=1S/C11H13ClF3NO3S/c1-7(6-17)5-16-20(18,19)10-3-2-8(12)4-9(10)11(13,14)15/h2-4,7,16-17H,5-6H2,1H3. The molecule has 4 nitrogen and oxygen atoms in total. The van der Waals surface area contributed by atoms with Crippen LogP contribution in [-0.2, 0) is 16.2 Å². The van der Waals surface area contributed by atoms with Crippen LogP contribution in [0, 0.1) is 5.92 Å². The summed E-state index contributed by atoms with van der Waals surface area (Å²) in [6.45, 7) is 1.10. The maximum absolute atomic E-state index is 12.8. The Balaban J connectivity index is 3.18. The molecule has 0 bridgehead atoms. The molecule has 0 radical (unpaired) electrons. The van der Waals surface area contributed by atoms with Crippen LogP contribution < -0.4 is 4.72 Å². The molecule has 1 rings (SSSR count). The number of hydrogen-bond acceptors (Lipinski definition) is 3. The molecule has 0 heterocycles. The van der Waals surface area contributed by atoms with Crippen LogP contribution in [0.25, 0.3) is 0 Å². The zero-order chi connectivity index (χ0) is 15.6. The molecule has 2 N–H and O–H groups in total. The van der Waals surface area contributed by atoms with Gasteiger partial charge in [0.1, 0.15) is 0 Å². The summed E-state index contributed by atoms with van der Waals surface area (Å²) in [5, 5.41) is 8.58. The number of rotatable bonds is 5. The first kappa shape index (κ1) is 17.2. The quantitative estimate of drug-likeness (QED) is 0.869. The Morgan fingerprint density at radius 2 is 2.00 bits per heavy atom. The van der Waals surface area contributed by atoms with Gasteiger partial charge in [-0.15, -0.1) is 0 Å². The summed E-state index contributed by atoms with van der Waals surface area (Å²) in [7, 11) is -4.34. The fourth-order valence-corrected chi connectivity index (χ4v) is 2.90. The molecule has 1 unspecified atom stereocenters. The van der Waals surface area contributed by atoms with E-state index in [1.165, 1.54) is 0 Å². The van der Waals surface area contributed by atoms with E-state index in [4.69, 9.17) is 16.7 Å². The van der Waals surface area contributed by atoms with E-state index in [2.05, 4.69) is 0 Å². The summed E-state index contributed by atoms with van der Waals surface area (Å²) in [6, 6.07) is 2.43. The third-order valence-corrected chi connectivity index (χ3v) is 4.19. The predicted molar refractivity (Wildman–Crippen MR) is 67.9 cm³/mol. The van der Waals surface area contributed by atoms with Gasteiger partial charge in [-0.2, -0.15) is 13.2 Å². The van der Waals surface area contributed by atoms with Crippen LogP contribution in [0.2, 0.25) is 5.02 Å². The number of sulfonamides is 1. The average molecular weight is 332 g/mol. The maximum Gasteiger partial charge on any atom is 0.417 e. The number of benzene rings is 1. The molecular formula is C11H13ClF3NO3S. The van der Waals surface area contributed by atoms with E-state index in [0.29, 0.717) is 6.07 Å². The molecule has 0 aliphatic heterocycles. The van der Waals surface area contributed by atoms with Crippen LogP contribution in [0.15, 0.2) is 23.1 Å². The predicted octanol–water partition coefficient (Wildman–Crippen LogP) is 2.27. The van der Waals surface area contributed by atoms with Gasteiger partial charge in [-0.25, -0.2) is 13.1 Å². The van der Waals surface area contributed by atoms with Crippen LogP contribution in [0.1, 0.15) is 12.5 Å². The minimum Gasteiger partial charge on any atom is -0.396 e. The molecule has 1 aromatic carbocycles. The average Bonchev–Trinajstić information content (AvgIpc) is 2.34. The van der Waals surface area contributed by atoms with Gasteiger partial charge >= 0.3 is 6.18 Å². The second-order valence-corrected chi connectivity index (χ2v) is 6.45. The number of aliphatic hydroxyl groups excluding tert-OH is 1. The van der Waals surface area contributed by atoms with Crippen molar-refractivity contribution >= 4 is 21.6 Å². The maximum atomic E-state index is 12.8. The van der Waals surface area contributed by atoms with Crippen molar-refractivity contribution in [2.24, 2.45) is 5.92 Å². The third-order valence-electron chi connectivity index (χ3n) is 2.47. The van der Waals surface area contributed by atoms with Crippen molar-refractivity contribution in [3.63, 3.8) is 0 Å². The molecule has 0 fully saturated rings. The van der Waals surface area contributed by atoms with Crippen LogP contribution in [0.4, 0.5) is 13.2 Å². The lowest BCUT2D eigenvalue weighted by Crippen LogP contribution is -2.31. The minimum atomic E-state index is -4.84. The van der Waals surface area contributed by atoms with E-state index in [9.17, 15) is 21.6 Å². The highest BCUT2D eigenvalue weighted by atomic mass is 35.5. The van der Waals surface area contributed by atoms with Gasteiger partial charge in [0.2, 0.25) is 10.0 Å². The monoisotopic (exact) mass is 331 g/mol. The van der Waals surface area contributed by atoms with Crippen LogP contribution >= 0.6 is 11.6 Å². The number of halogens is 4. The first-order valence-corrected chi connectivity index (χ1v) is 7.41. The first-order chi connectivity index (χ1) is 9.08. The molecule has 0 spiro atoms. The largest absolute Gasteiger partial charge is 0.417 e. The summed E-state index contributed by atoms with van der Waals surface area (Å²) in [5.41, 5.74) is -1.32. The van der Waals surface area contributed by atoms with Crippen molar-refractivity contribution in [2.75, 3.05) is 13.2 Å². The lowest BCUT2D eigenvalue weighted by atomic mass is 10.2. The lowest BCUT2D eigenvalue weighted by Gasteiger charge is -2.15. The van der Waals surface area contributed by atoms with Crippen molar-refractivity contribution in [3.8, 4) is 0 Å². The van der Waals surface area contributed by atoms with E-state index >= 15 is 0 Å². The fraction of sp³-hybridized carbons (Fsp3) is 0.455. The number of aliphatic hydroxyl groups is 1. The summed E-state index contributed by atoms with van der Waals surface area (Å²) < 4.78 is 64.3. The molecular weight excluding hydrogens is 319 g/mol. The Morgan fingerprint density at radius 3 is 2.50 bits per heavy atom. The highest BCUT2D eigenvalue weighted by molar-refractivity contribution is 7.89. The van der Waals surface area contributed by atoms with Crippen LogP contribution in [0.3, 0.4) is 0 Å². The number of hydrogen-bond donors (Lipinski definition) is 2. The van der Waals surface area contributed by atoms with Gasteiger partial charge < -0.3 is 5.11 Å². The summed E-state index contributed by atoms with van der Waals surface area (Å²) in [6.07, 6.45) is -4.84. The molecule has 9 heteroatoms. The molecule has 1 atom stereocenters. The normalized spacial score (nSPS) is 14.3. The Morgan fingerprint density at radius 1 is 1.40 bits per heavy atom. The molecule has 20 heavy (non-hydrogen) atoms. The second kappa shape index (κ2) is 6.30. The van der Waals surface area contributed by atoms with Gasteiger partial charge in [-0.3, -0.25) is 0 Å². The summed E-state index contributed by atoms with van der Waals surface area (Å²) in [4.78, 5) is -0.889. The molecule has 114 valence electrons. The lowest BCUT2D eigenvalue weighted by molar-refractivity contribution is -0.139. The first-order valence-electron chi connectivity index (χ1n) is 5.55. The molecule has 0 aliphatic rings. The van der Waals surface area contributed by atoms with Gasteiger partial charge in [0, 0.05) is 18.2 Å². The Kier molecular flexibility index (Phi) is 5.42. The van der Waals surface area contributed by atoms with E-state index in [0.717, 1.165) is 12.1 Å². The van der Waals surface area contributed by atoms with Gasteiger partial charge in [0.25, 0.3) is 0 Å². The summed E-state index contributed by atoms with van der Waals surface area (Å²) in [5.74, 6) is -0.411. The van der Waals surface area contributed by atoms with Crippen molar-refractivity contribution in [1.82, 2.24) is 4.72 Å². The number of alkyl halides is 3. The third kappa shape index (κ3) is 4.34. The fourth-order valence-electron chi connectivity index (χ4n) is 1.35. The molecule has 1 aromatic rings. The molecule has 0 saturated heterocycles. The van der Waals surface area contributed by atoms with Gasteiger partial charge in [0.05, 0.1) is 10.5 Å². The SMILES string of the molecule is CC(CO)CNS(=O)(=O)c1ccc(Cl)cc1C(F)(F)F. The van der Waals surface area contributed by atoms with E-state index < -0.39 is 32.6 Å². The van der Waals surface area contributed by atoms with Gasteiger partial charge in [-0.1, -0.05) is 18.5 Å². The zero-order valence-corrected chi connectivity index (χ0v) is 12.0. The van der Waals surface area contributed by atoms with Crippen molar-refractivity contribution in [1.29, 1.82) is 0 Å². The Labute approximate surface area is 119 Å². The molecule has 0 aromatic heterocycles. The topological polar surface area (TPSA) is 66.4 Å². The van der Waals surface area contributed by atoms with Crippen LogP contribution in [0.5, 0.6) is 0 Å². The van der Waals surface area contributed by atoms with E-state index in [-0.39, 0.29) is 18.2 Å². The van der Waals surface area contributed by atoms with Gasteiger partial charge in [-0.05, 0) is 24.1 Å². The van der Waals surface area contributed by atoms with Crippen molar-refractivity contribution in [3.05, 3.63) is 28.8 Å². The van der Waals surface area contributed by atoms with Crippen molar-refractivity contribution in [2.45, 2.75) is 18.0 Å². The molecule has 0 saturated carbocycles. The highest BCUT2D eigenvalue weighted by Crippen LogP contribution is 2.35. The molecule has 0 aliphatic carbocycles. The highest BCUT2D eigenvalue weighted by Gasteiger charge is 2.37. The Hall–Kier alpha value is -0.830. The molecule has 0 amide bonds.